The summed E-state index contributed by atoms with van der Waals surface area (Å²) in [4.78, 5) is 12.3. The summed E-state index contributed by atoms with van der Waals surface area (Å²) >= 11 is 0. The number of nitrogens with one attached hydrogen (secondary N) is 1. The third kappa shape index (κ3) is 3.21. The molecule has 0 saturated heterocycles. The number of hydrogen-bond acceptors (Lipinski definition) is 3. The molecule has 0 fully saturated rings. The average Bonchev–Trinajstić information content (AvgIpc) is 2.93. The first-order valence-corrected chi connectivity index (χ1v) is 7.68. The van der Waals surface area contributed by atoms with Crippen LogP contribution >= 0.6 is 0 Å². The van der Waals surface area contributed by atoms with E-state index in [0.29, 0.717) is 18.3 Å². The summed E-state index contributed by atoms with van der Waals surface area (Å²) in [5.41, 5.74) is 3.96. The highest BCUT2D eigenvalue weighted by Crippen LogP contribution is 2.17. The summed E-state index contributed by atoms with van der Waals surface area (Å²) in [6, 6.07) is 2.24. The van der Waals surface area contributed by atoms with Crippen LogP contribution in [-0.4, -0.2) is 25.5 Å². The molecule has 0 aliphatic carbocycles. The van der Waals surface area contributed by atoms with Crippen LogP contribution in [0.5, 0.6) is 0 Å². The van der Waals surface area contributed by atoms with E-state index in [0.717, 1.165) is 29.1 Å². The zero-order valence-electron chi connectivity index (χ0n) is 14.3. The predicted octanol–water partition coefficient (Wildman–Crippen LogP) is 2.69. The van der Waals surface area contributed by atoms with Gasteiger partial charge in [0.15, 0.2) is 5.82 Å². The molecule has 0 aliphatic rings. The Kier molecular flexibility index (Phi) is 4.68. The lowest BCUT2D eigenvalue weighted by atomic mass is 10.1. The smallest absolute Gasteiger partial charge is 0.230 e. The van der Waals surface area contributed by atoms with Crippen LogP contribution < -0.4 is 5.32 Å². The average molecular weight is 303 g/mol. The molecule has 0 bridgehead atoms. The predicted molar refractivity (Wildman–Crippen MR) is 87.0 cm³/mol. The fourth-order valence-electron chi connectivity index (χ4n) is 2.59. The maximum absolute atomic E-state index is 12.3. The Morgan fingerprint density at radius 2 is 2.00 bits per heavy atom. The normalized spacial score (nSPS) is 12.5. The van der Waals surface area contributed by atoms with E-state index in [1.807, 2.05) is 38.6 Å². The third-order valence-corrected chi connectivity index (χ3v) is 4.19. The van der Waals surface area contributed by atoms with Gasteiger partial charge < -0.3 is 5.32 Å². The van der Waals surface area contributed by atoms with E-state index in [1.165, 1.54) is 0 Å². The van der Waals surface area contributed by atoms with Gasteiger partial charge in [0.25, 0.3) is 0 Å². The largest absolute Gasteiger partial charge is 0.309 e. The second kappa shape index (κ2) is 6.34. The molecule has 2 rings (SSSR count). The Morgan fingerprint density at radius 1 is 1.32 bits per heavy atom. The van der Waals surface area contributed by atoms with Crippen LogP contribution in [0.2, 0.25) is 0 Å². The maximum atomic E-state index is 12.3. The van der Waals surface area contributed by atoms with Gasteiger partial charge >= 0.3 is 0 Å². The van der Waals surface area contributed by atoms with Crippen LogP contribution in [0, 0.1) is 20.8 Å². The summed E-state index contributed by atoms with van der Waals surface area (Å²) in [5.74, 6) is 0.551. The molecular weight excluding hydrogens is 278 g/mol. The Labute approximate surface area is 131 Å². The van der Waals surface area contributed by atoms with E-state index in [4.69, 9.17) is 0 Å². The number of carbonyl (C=O) groups is 1. The lowest BCUT2D eigenvalue weighted by molar-refractivity contribution is -0.115. The molecule has 0 aliphatic heterocycles. The highest BCUT2D eigenvalue weighted by atomic mass is 16.1. The molecule has 1 N–H and O–H groups in total. The van der Waals surface area contributed by atoms with Crippen molar-refractivity contribution >= 4 is 11.7 Å². The molecule has 2 heterocycles. The quantitative estimate of drug-likeness (QED) is 0.923. The summed E-state index contributed by atoms with van der Waals surface area (Å²) in [6.07, 6.45) is 1.32. The molecule has 6 heteroatoms. The first-order chi connectivity index (χ1) is 10.3. The number of nitrogens with zero attached hydrogens (tertiary/aromatic N) is 4. The Morgan fingerprint density at radius 3 is 2.55 bits per heavy atom. The number of aryl methyl sites for hydroxylation is 3. The lowest BCUT2D eigenvalue weighted by Gasteiger charge is -2.10. The van der Waals surface area contributed by atoms with Gasteiger partial charge in [-0.2, -0.15) is 10.2 Å². The molecule has 22 heavy (non-hydrogen) atoms. The summed E-state index contributed by atoms with van der Waals surface area (Å²) in [7, 11) is 1.89. The van der Waals surface area contributed by atoms with Crippen molar-refractivity contribution in [2.24, 2.45) is 7.05 Å². The van der Waals surface area contributed by atoms with Gasteiger partial charge in [-0.3, -0.25) is 14.2 Å². The SMILES string of the molecule is CCC(C)n1nc(NC(=O)Cc2c(C)nn(C)c2C)cc1C. The molecule has 0 spiro atoms. The van der Waals surface area contributed by atoms with Crippen LogP contribution in [0.15, 0.2) is 6.07 Å². The molecule has 0 aromatic carbocycles. The zero-order valence-corrected chi connectivity index (χ0v) is 14.3. The van der Waals surface area contributed by atoms with Crippen LogP contribution in [0.25, 0.3) is 0 Å². The third-order valence-electron chi connectivity index (χ3n) is 4.19. The second-order valence-corrected chi connectivity index (χ2v) is 5.87. The number of aromatic nitrogens is 4. The number of amides is 1. The van der Waals surface area contributed by atoms with E-state index in [-0.39, 0.29) is 5.91 Å². The Bertz CT molecular complexity index is 683. The van der Waals surface area contributed by atoms with Crippen LogP contribution in [0.3, 0.4) is 0 Å². The number of anilines is 1. The van der Waals surface area contributed by atoms with Crippen LogP contribution in [-0.2, 0) is 18.3 Å². The van der Waals surface area contributed by atoms with E-state index in [1.54, 1.807) is 4.68 Å². The van der Waals surface area contributed by atoms with Gasteiger partial charge in [0.05, 0.1) is 12.1 Å². The van der Waals surface area contributed by atoms with Crippen molar-refractivity contribution in [2.75, 3.05) is 5.32 Å². The first-order valence-electron chi connectivity index (χ1n) is 7.68. The van der Waals surface area contributed by atoms with Crippen molar-refractivity contribution in [2.45, 2.75) is 53.5 Å². The van der Waals surface area contributed by atoms with E-state index >= 15 is 0 Å². The number of rotatable bonds is 5. The van der Waals surface area contributed by atoms with Crippen LogP contribution in [0.1, 0.15) is 49.0 Å². The summed E-state index contributed by atoms with van der Waals surface area (Å²) in [5, 5.41) is 11.7. The van der Waals surface area contributed by atoms with Gasteiger partial charge in [-0.25, -0.2) is 0 Å². The molecule has 0 saturated carbocycles. The van der Waals surface area contributed by atoms with Crippen molar-refractivity contribution in [3.63, 3.8) is 0 Å². The highest BCUT2D eigenvalue weighted by Gasteiger charge is 2.15. The standard InChI is InChI=1S/C16H25N5O/c1-7-10(2)21-11(3)8-15(19-21)17-16(22)9-14-12(4)18-20(6)13(14)5/h8,10H,7,9H2,1-6H3,(H,17,19,22). The van der Waals surface area contributed by atoms with Gasteiger partial charge in [0.1, 0.15) is 0 Å². The van der Waals surface area contributed by atoms with Crippen molar-refractivity contribution in [1.29, 1.82) is 0 Å². The van der Waals surface area contributed by atoms with Crippen molar-refractivity contribution in [1.82, 2.24) is 19.6 Å². The van der Waals surface area contributed by atoms with Crippen molar-refractivity contribution in [3.05, 3.63) is 28.7 Å². The van der Waals surface area contributed by atoms with E-state index < -0.39 is 0 Å². The molecule has 1 unspecified atom stereocenters. The number of hydrogen-bond donors (Lipinski definition) is 1. The van der Waals surface area contributed by atoms with E-state index in [2.05, 4.69) is 29.4 Å². The number of carbonyl (C=O) groups excluding carboxylic acids is 1. The molecule has 6 nitrogen and oxygen atoms in total. The fraction of sp³-hybridized carbons (Fsp3) is 0.562. The minimum absolute atomic E-state index is 0.0620. The highest BCUT2D eigenvalue weighted by molar-refractivity contribution is 5.91. The van der Waals surface area contributed by atoms with Crippen LogP contribution in [0.4, 0.5) is 5.82 Å². The lowest BCUT2D eigenvalue weighted by Crippen LogP contribution is -2.16. The summed E-state index contributed by atoms with van der Waals surface area (Å²) in [6.45, 7) is 10.2. The topological polar surface area (TPSA) is 64.7 Å². The fourth-order valence-corrected chi connectivity index (χ4v) is 2.59. The van der Waals surface area contributed by atoms with Gasteiger partial charge in [-0.15, -0.1) is 0 Å². The first kappa shape index (κ1) is 16.3. The molecular formula is C16H25N5O. The molecule has 2 aromatic heterocycles. The van der Waals surface area contributed by atoms with Gasteiger partial charge in [-0.05, 0) is 34.1 Å². The minimum atomic E-state index is -0.0620. The Balaban J connectivity index is 2.09. The Hall–Kier alpha value is -2.11. The van der Waals surface area contributed by atoms with Crippen molar-refractivity contribution < 1.29 is 4.79 Å². The summed E-state index contributed by atoms with van der Waals surface area (Å²) < 4.78 is 3.76. The molecule has 0 radical (unpaired) electrons. The van der Waals surface area contributed by atoms with Gasteiger partial charge in [0.2, 0.25) is 5.91 Å². The molecule has 120 valence electrons. The molecule has 1 atom stereocenters. The van der Waals surface area contributed by atoms with E-state index in [9.17, 15) is 4.79 Å². The minimum Gasteiger partial charge on any atom is -0.309 e. The van der Waals surface area contributed by atoms with Crippen molar-refractivity contribution in [3.8, 4) is 0 Å². The zero-order chi connectivity index (χ0) is 16.4. The second-order valence-electron chi connectivity index (χ2n) is 5.87. The maximum Gasteiger partial charge on any atom is 0.230 e. The monoisotopic (exact) mass is 303 g/mol. The molecule has 1 amide bonds. The van der Waals surface area contributed by atoms with Gasteiger partial charge in [0, 0.05) is 36.1 Å². The van der Waals surface area contributed by atoms with Gasteiger partial charge in [-0.1, -0.05) is 6.92 Å². The molecule has 2 aromatic rings.